The van der Waals surface area contributed by atoms with Crippen LogP contribution in [0.3, 0.4) is 0 Å². The van der Waals surface area contributed by atoms with E-state index in [0.717, 1.165) is 32.9 Å². The number of hydrogen-bond donors (Lipinski definition) is 2. The van der Waals surface area contributed by atoms with Crippen molar-refractivity contribution in [2.45, 2.75) is 18.7 Å². The van der Waals surface area contributed by atoms with Gasteiger partial charge in [-0.3, -0.25) is 5.10 Å². The Bertz CT molecular complexity index is 1830. The molecular weight excluding hydrogens is 450 g/mol. The molecule has 2 aromatic carbocycles. The van der Waals surface area contributed by atoms with E-state index in [1.54, 1.807) is 37.6 Å². The van der Waals surface area contributed by atoms with Crippen molar-refractivity contribution >= 4 is 42.9 Å². The first-order valence-corrected chi connectivity index (χ1v) is 12.2. The van der Waals surface area contributed by atoms with Crippen LogP contribution in [0, 0.1) is 13.8 Å². The largest absolute Gasteiger partial charge is 0.497 e. The molecule has 0 saturated heterocycles. The van der Waals surface area contributed by atoms with Gasteiger partial charge in [-0.2, -0.15) is 5.10 Å². The van der Waals surface area contributed by atoms with Crippen LogP contribution in [0.15, 0.2) is 65.8 Å². The number of hydrogen-bond acceptors (Lipinski definition) is 5. The third-order valence-electron chi connectivity index (χ3n) is 6.23. The molecule has 2 N–H and O–H groups in total. The van der Waals surface area contributed by atoms with Gasteiger partial charge < -0.3 is 9.72 Å². The molecule has 4 aromatic heterocycles. The third-order valence-corrected chi connectivity index (χ3v) is 7.95. The molecule has 0 amide bonds. The predicted molar refractivity (Wildman–Crippen MR) is 132 cm³/mol. The van der Waals surface area contributed by atoms with Gasteiger partial charge in [0, 0.05) is 33.4 Å². The van der Waals surface area contributed by atoms with Crippen LogP contribution in [0.25, 0.3) is 44.1 Å². The van der Waals surface area contributed by atoms with Gasteiger partial charge in [-0.15, -0.1) is 0 Å². The summed E-state index contributed by atoms with van der Waals surface area (Å²) in [6.45, 7) is 3.77. The fourth-order valence-electron chi connectivity index (χ4n) is 4.44. The lowest BCUT2D eigenvalue weighted by atomic mass is 10.1. The molecule has 170 valence electrons. The normalized spacial score (nSPS) is 12.2. The first-order chi connectivity index (χ1) is 16.4. The summed E-state index contributed by atoms with van der Waals surface area (Å²) >= 11 is 0. The Balaban J connectivity index is 1.75. The number of H-pyrrole nitrogens is 2. The fraction of sp³-hybridized carbons (Fsp3) is 0.120. The van der Waals surface area contributed by atoms with Gasteiger partial charge in [0.1, 0.15) is 5.75 Å². The van der Waals surface area contributed by atoms with Gasteiger partial charge in [0.15, 0.2) is 5.65 Å². The van der Waals surface area contributed by atoms with Gasteiger partial charge in [0.2, 0.25) is 0 Å². The van der Waals surface area contributed by atoms with Gasteiger partial charge in [0.25, 0.3) is 10.0 Å². The molecule has 4 heterocycles. The molecule has 8 nitrogen and oxygen atoms in total. The third kappa shape index (κ3) is 2.87. The van der Waals surface area contributed by atoms with Crippen LogP contribution in [0.1, 0.15) is 11.3 Å². The zero-order valence-corrected chi connectivity index (χ0v) is 19.6. The van der Waals surface area contributed by atoms with Crippen LogP contribution in [0.4, 0.5) is 0 Å². The number of aryl methyl sites for hydroxylation is 2. The van der Waals surface area contributed by atoms with E-state index in [-0.39, 0.29) is 4.90 Å². The number of methoxy groups -OCH3 is 1. The molecule has 0 radical (unpaired) electrons. The molecule has 34 heavy (non-hydrogen) atoms. The zero-order chi connectivity index (χ0) is 23.6. The van der Waals surface area contributed by atoms with Crippen LogP contribution < -0.4 is 4.74 Å². The van der Waals surface area contributed by atoms with E-state index in [1.807, 2.05) is 44.3 Å². The number of fused-ring (bicyclic) bond motifs is 4. The Hall–Kier alpha value is -4.11. The lowest BCUT2D eigenvalue weighted by molar-refractivity contribution is 0.415. The molecule has 0 aliphatic carbocycles. The number of benzene rings is 2. The smallest absolute Gasteiger partial charge is 0.269 e. The van der Waals surface area contributed by atoms with Gasteiger partial charge in [0.05, 0.1) is 35.1 Å². The van der Waals surface area contributed by atoms with Gasteiger partial charge >= 0.3 is 0 Å². The maximum Gasteiger partial charge on any atom is 0.269 e. The minimum absolute atomic E-state index is 0.193. The average Bonchev–Trinajstić information content (AvgIpc) is 3.55. The summed E-state index contributed by atoms with van der Waals surface area (Å²) in [5.41, 5.74) is 4.88. The molecule has 0 atom stereocenters. The fourth-order valence-corrected chi connectivity index (χ4v) is 5.91. The van der Waals surface area contributed by atoms with Crippen LogP contribution in [-0.2, 0) is 10.0 Å². The van der Waals surface area contributed by atoms with E-state index >= 15 is 0 Å². The highest BCUT2D eigenvalue weighted by Crippen LogP contribution is 2.38. The van der Waals surface area contributed by atoms with E-state index in [2.05, 4.69) is 15.2 Å². The van der Waals surface area contributed by atoms with E-state index in [9.17, 15) is 8.42 Å². The Morgan fingerprint density at radius 3 is 2.53 bits per heavy atom. The Morgan fingerprint density at radius 1 is 0.971 bits per heavy atom. The molecule has 0 unspecified atom stereocenters. The monoisotopic (exact) mass is 471 g/mol. The van der Waals surface area contributed by atoms with Crippen molar-refractivity contribution in [1.82, 2.24) is 24.1 Å². The lowest BCUT2D eigenvalue weighted by Crippen LogP contribution is -2.15. The van der Waals surface area contributed by atoms with E-state index in [0.29, 0.717) is 28.2 Å². The van der Waals surface area contributed by atoms with Gasteiger partial charge in [-0.1, -0.05) is 17.7 Å². The molecule has 6 aromatic rings. The highest BCUT2D eigenvalue weighted by atomic mass is 32.2. The second-order valence-corrected chi connectivity index (χ2v) is 10.1. The number of pyridine rings is 1. The summed E-state index contributed by atoms with van der Waals surface area (Å²) in [5, 5.41) is 9.57. The summed E-state index contributed by atoms with van der Waals surface area (Å²) in [7, 11) is -2.37. The molecule has 6 rings (SSSR count). The SMILES string of the molecule is COc1ccc2[nH]cc(-c3cc4c5[nH]ncc5c(C)nc4n3S(=O)(=O)c3ccc(C)cc3)c2c1. The van der Waals surface area contributed by atoms with Crippen molar-refractivity contribution < 1.29 is 13.2 Å². The Morgan fingerprint density at radius 2 is 1.76 bits per heavy atom. The van der Waals surface area contributed by atoms with Crippen molar-refractivity contribution in [3.63, 3.8) is 0 Å². The molecule has 9 heteroatoms. The van der Waals surface area contributed by atoms with Crippen molar-refractivity contribution in [1.29, 1.82) is 0 Å². The van der Waals surface area contributed by atoms with Crippen LogP contribution in [-0.4, -0.2) is 39.7 Å². The van der Waals surface area contributed by atoms with Crippen molar-refractivity contribution in [2.75, 3.05) is 7.11 Å². The van der Waals surface area contributed by atoms with E-state index in [4.69, 9.17) is 9.72 Å². The number of aromatic nitrogens is 5. The number of nitrogens with zero attached hydrogens (tertiary/aromatic N) is 3. The van der Waals surface area contributed by atoms with Gasteiger partial charge in [-0.25, -0.2) is 17.4 Å². The van der Waals surface area contributed by atoms with Crippen molar-refractivity contribution in [3.05, 3.63) is 72.2 Å². The van der Waals surface area contributed by atoms with Crippen LogP contribution in [0.5, 0.6) is 5.75 Å². The molecule has 0 aliphatic heterocycles. The highest BCUT2D eigenvalue weighted by molar-refractivity contribution is 7.90. The minimum atomic E-state index is -3.97. The van der Waals surface area contributed by atoms with E-state index in [1.165, 1.54) is 3.97 Å². The zero-order valence-electron chi connectivity index (χ0n) is 18.7. The quantitative estimate of drug-likeness (QED) is 0.379. The molecule has 0 saturated carbocycles. The Labute approximate surface area is 195 Å². The van der Waals surface area contributed by atoms with Gasteiger partial charge in [-0.05, 0) is 50.2 Å². The van der Waals surface area contributed by atoms with Crippen LogP contribution >= 0.6 is 0 Å². The van der Waals surface area contributed by atoms with E-state index < -0.39 is 10.0 Å². The average molecular weight is 472 g/mol. The standard InChI is InChI=1S/C25H21N5O3S/c1-14-4-7-17(8-5-14)34(31,32)30-23(21-12-26-22-9-6-16(33-3)10-18(21)22)11-19-24-20(13-27-29-24)15(2)28-25(19)30/h4-13,26H,1-3H3,(H,27,29). The summed E-state index contributed by atoms with van der Waals surface area (Å²) in [6, 6.07) is 14.4. The number of nitrogens with one attached hydrogen (secondary N) is 2. The molecule has 0 bridgehead atoms. The summed E-state index contributed by atoms with van der Waals surface area (Å²) in [5.74, 6) is 0.683. The Kier molecular flexibility index (Phi) is 4.34. The molecule has 0 aliphatic rings. The second-order valence-electron chi connectivity index (χ2n) is 8.32. The second kappa shape index (κ2) is 7.19. The number of ether oxygens (including phenoxy) is 1. The molecular formula is C25H21N5O3S. The summed E-state index contributed by atoms with van der Waals surface area (Å²) in [6.07, 6.45) is 3.52. The first-order valence-electron chi connectivity index (χ1n) is 10.7. The maximum atomic E-state index is 14.0. The number of aromatic amines is 2. The highest BCUT2D eigenvalue weighted by Gasteiger charge is 2.27. The summed E-state index contributed by atoms with van der Waals surface area (Å²) < 4.78 is 34.8. The summed E-state index contributed by atoms with van der Waals surface area (Å²) in [4.78, 5) is 8.16. The number of rotatable bonds is 4. The van der Waals surface area contributed by atoms with Crippen molar-refractivity contribution in [3.8, 4) is 17.0 Å². The van der Waals surface area contributed by atoms with Crippen molar-refractivity contribution in [2.24, 2.45) is 0 Å². The lowest BCUT2D eigenvalue weighted by Gasteiger charge is -2.12. The van der Waals surface area contributed by atoms with Crippen LogP contribution in [0.2, 0.25) is 0 Å². The predicted octanol–water partition coefficient (Wildman–Crippen LogP) is 4.92. The molecule has 0 fully saturated rings. The molecule has 0 spiro atoms. The minimum Gasteiger partial charge on any atom is -0.497 e. The first kappa shape index (κ1) is 20.5. The topological polar surface area (TPSA) is 106 Å². The maximum absolute atomic E-state index is 14.0.